The summed E-state index contributed by atoms with van der Waals surface area (Å²) in [6.07, 6.45) is 5.40. The van der Waals surface area contributed by atoms with Crippen molar-refractivity contribution >= 4 is 17.1 Å². The van der Waals surface area contributed by atoms with E-state index in [0.29, 0.717) is 23.0 Å². The Balaban J connectivity index is 1.37. The number of hydrogen-bond donors (Lipinski definition) is 1. The van der Waals surface area contributed by atoms with Crippen LogP contribution in [0, 0.1) is 12.8 Å². The minimum atomic E-state index is -0.212. The van der Waals surface area contributed by atoms with Crippen LogP contribution in [0.2, 0.25) is 0 Å². The quantitative estimate of drug-likeness (QED) is 0.519. The van der Waals surface area contributed by atoms with Gasteiger partial charge in [-0.25, -0.2) is 4.52 Å². The lowest BCUT2D eigenvalue weighted by molar-refractivity contribution is 0.0470. The van der Waals surface area contributed by atoms with E-state index in [-0.39, 0.29) is 11.9 Å². The van der Waals surface area contributed by atoms with Crippen molar-refractivity contribution in [1.29, 1.82) is 0 Å². The van der Waals surface area contributed by atoms with Crippen molar-refractivity contribution in [3.8, 4) is 11.4 Å². The molecule has 1 N–H and O–H groups in total. The number of nitrogens with one attached hydrogen (secondary N) is 1. The summed E-state index contributed by atoms with van der Waals surface area (Å²) in [5.41, 5.74) is 3.73. The Labute approximate surface area is 185 Å². The summed E-state index contributed by atoms with van der Waals surface area (Å²) in [4.78, 5) is 14.6. The molecule has 1 aromatic carbocycles. The molecule has 0 radical (unpaired) electrons. The Hall–Kier alpha value is -3.59. The largest absolute Gasteiger partial charge is 0.381 e. The van der Waals surface area contributed by atoms with Crippen molar-refractivity contribution in [1.82, 2.24) is 29.8 Å². The lowest BCUT2D eigenvalue weighted by atomic mass is 9.93. The number of pyridine rings is 1. The van der Waals surface area contributed by atoms with E-state index in [9.17, 15) is 4.79 Å². The Kier molecular flexibility index (Phi) is 5.40. The molecule has 1 fully saturated rings. The van der Waals surface area contributed by atoms with Gasteiger partial charge >= 0.3 is 0 Å². The molecule has 5 rings (SSSR count). The molecule has 0 aliphatic carbocycles. The summed E-state index contributed by atoms with van der Waals surface area (Å²) in [6.45, 7) is 5.64. The highest BCUT2D eigenvalue weighted by atomic mass is 16.5. The number of ether oxygens (including phenoxy) is 1. The summed E-state index contributed by atoms with van der Waals surface area (Å²) in [5.74, 6) is 0.802. The molecule has 0 spiro atoms. The van der Waals surface area contributed by atoms with Crippen LogP contribution in [0.25, 0.3) is 16.9 Å². The van der Waals surface area contributed by atoms with Crippen LogP contribution in [0.4, 0.5) is 5.69 Å². The van der Waals surface area contributed by atoms with Gasteiger partial charge < -0.3 is 10.1 Å². The van der Waals surface area contributed by atoms with Gasteiger partial charge in [0, 0.05) is 30.7 Å². The van der Waals surface area contributed by atoms with Crippen LogP contribution in [-0.4, -0.2) is 48.9 Å². The highest BCUT2D eigenvalue weighted by molar-refractivity contribution is 6.09. The second-order valence-electron chi connectivity index (χ2n) is 8.20. The van der Waals surface area contributed by atoms with Crippen molar-refractivity contribution < 1.29 is 9.53 Å². The molecule has 1 aliphatic heterocycles. The molecule has 0 bridgehead atoms. The average molecular weight is 432 g/mol. The Bertz CT molecular complexity index is 1260. The first-order valence-corrected chi connectivity index (χ1v) is 10.8. The van der Waals surface area contributed by atoms with Gasteiger partial charge in [-0.3, -0.25) is 4.79 Å². The monoisotopic (exact) mass is 431 g/mol. The van der Waals surface area contributed by atoms with Crippen LogP contribution in [-0.2, 0) is 4.74 Å². The molecule has 1 aliphatic rings. The molecule has 32 heavy (non-hydrogen) atoms. The number of fused-ring (bicyclic) bond motifs is 1. The predicted molar refractivity (Wildman–Crippen MR) is 119 cm³/mol. The van der Waals surface area contributed by atoms with E-state index in [1.807, 2.05) is 49.5 Å². The van der Waals surface area contributed by atoms with Gasteiger partial charge in [0.15, 0.2) is 0 Å². The van der Waals surface area contributed by atoms with Gasteiger partial charge in [-0.15, -0.1) is 10.2 Å². The fraction of sp³-hybridized carbons (Fsp3) is 0.348. The number of benzene rings is 1. The Morgan fingerprint density at radius 3 is 2.91 bits per heavy atom. The summed E-state index contributed by atoms with van der Waals surface area (Å²) in [6, 6.07) is 11.6. The van der Waals surface area contributed by atoms with E-state index in [1.165, 1.54) is 0 Å². The molecule has 4 heterocycles. The van der Waals surface area contributed by atoms with Crippen molar-refractivity contribution in [2.75, 3.05) is 18.5 Å². The smallest absolute Gasteiger partial charge is 0.259 e. The first kappa shape index (κ1) is 20.3. The minimum Gasteiger partial charge on any atom is -0.381 e. The second kappa shape index (κ2) is 8.51. The van der Waals surface area contributed by atoms with Crippen molar-refractivity contribution in [3.63, 3.8) is 0 Å². The molecule has 9 nitrogen and oxygen atoms in total. The van der Waals surface area contributed by atoms with Gasteiger partial charge in [-0.05, 0) is 61.6 Å². The molecular weight excluding hydrogens is 406 g/mol. The fourth-order valence-electron chi connectivity index (χ4n) is 4.09. The third-order valence-corrected chi connectivity index (χ3v) is 6.16. The third-order valence-electron chi connectivity index (χ3n) is 6.16. The number of carbonyl (C=O) groups is 1. The van der Waals surface area contributed by atoms with Crippen LogP contribution in [0.5, 0.6) is 0 Å². The molecular formula is C23H25N7O2. The maximum Gasteiger partial charge on any atom is 0.259 e. The molecule has 4 aromatic rings. The Morgan fingerprint density at radius 1 is 1.22 bits per heavy atom. The van der Waals surface area contributed by atoms with E-state index in [4.69, 9.17) is 4.74 Å². The summed E-state index contributed by atoms with van der Waals surface area (Å²) < 4.78 is 7.14. The van der Waals surface area contributed by atoms with Gasteiger partial charge in [0.1, 0.15) is 0 Å². The first-order chi connectivity index (χ1) is 15.6. The van der Waals surface area contributed by atoms with Gasteiger partial charge in [-0.1, -0.05) is 18.2 Å². The predicted octanol–water partition coefficient (Wildman–Crippen LogP) is 3.54. The van der Waals surface area contributed by atoms with Crippen molar-refractivity contribution in [3.05, 3.63) is 59.9 Å². The highest BCUT2D eigenvalue weighted by Gasteiger charge is 2.24. The van der Waals surface area contributed by atoms with Crippen LogP contribution in [0.1, 0.15) is 41.7 Å². The molecule has 0 unspecified atom stereocenters. The third kappa shape index (κ3) is 3.87. The lowest BCUT2D eigenvalue weighted by Crippen LogP contribution is -2.25. The highest BCUT2D eigenvalue weighted by Crippen LogP contribution is 2.28. The molecule has 1 saturated heterocycles. The zero-order valence-electron chi connectivity index (χ0n) is 18.1. The number of tetrazole rings is 1. The van der Waals surface area contributed by atoms with E-state index < -0.39 is 0 Å². The van der Waals surface area contributed by atoms with Gasteiger partial charge in [0.05, 0.1) is 23.3 Å². The number of rotatable bonds is 5. The van der Waals surface area contributed by atoms with Crippen LogP contribution in [0.3, 0.4) is 0 Å². The number of amides is 1. The van der Waals surface area contributed by atoms with Gasteiger partial charge in [0.25, 0.3) is 5.91 Å². The van der Waals surface area contributed by atoms with Crippen LogP contribution >= 0.6 is 0 Å². The Morgan fingerprint density at radius 2 is 2.06 bits per heavy atom. The maximum absolute atomic E-state index is 12.9. The van der Waals surface area contributed by atoms with Gasteiger partial charge in [-0.2, -0.15) is 9.90 Å². The van der Waals surface area contributed by atoms with E-state index in [1.54, 1.807) is 15.5 Å². The van der Waals surface area contributed by atoms with Crippen LogP contribution < -0.4 is 5.32 Å². The number of aromatic nitrogens is 6. The molecule has 164 valence electrons. The van der Waals surface area contributed by atoms with E-state index in [2.05, 4.69) is 32.7 Å². The standard InChI is InChI=1S/C23H25N7O2/c1-15-6-7-18(22-26-28-30(27-22)16(2)17-8-11-32-12-9-17)13-20(15)25-23(31)19-14-24-29-10-4-3-5-21(19)29/h3-7,10,13-14,16-17H,8-9,11-12H2,1-2H3,(H,25,31)/t16-/m1/s1. The minimum absolute atomic E-state index is 0.153. The number of anilines is 1. The summed E-state index contributed by atoms with van der Waals surface area (Å²) >= 11 is 0. The fourth-order valence-corrected chi connectivity index (χ4v) is 4.09. The molecule has 3 aromatic heterocycles. The molecule has 9 heteroatoms. The zero-order valence-corrected chi connectivity index (χ0v) is 18.1. The van der Waals surface area contributed by atoms with E-state index >= 15 is 0 Å². The van der Waals surface area contributed by atoms with Crippen molar-refractivity contribution in [2.24, 2.45) is 5.92 Å². The number of aryl methyl sites for hydroxylation is 1. The number of hydrogen-bond acceptors (Lipinski definition) is 6. The molecule has 1 amide bonds. The lowest BCUT2D eigenvalue weighted by Gasteiger charge is -2.26. The van der Waals surface area contributed by atoms with Crippen molar-refractivity contribution in [2.45, 2.75) is 32.7 Å². The molecule has 1 atom stereocenters. The number of carbonyl (C=O) groups excluding carboxylic acids is 1. The number of nitrogens with zero attached hydrogens (tertiary/aromatic N) is 6. The van der Waals surface area contributed by atoms with Gasteiger partial charge in [0.2, 0.25) is 5.82 Å². The summed E-state index contributed by atoms with van der Waals surface area (Å²) in [5, 5.41) is 20.4. The normalized spacial score (nSPS) is 15.7. The summed E-state index contributed by atoms with van der Waals surface area (Å²) in [7, 11) is 0. The maximum atomic E-state index is 12.9. The average Bonchev–Trinajstić information content (AvgIpc) is 3.48. The van der Waals surface area contributed by atoms with Crippen LogP contribution in [0.15, 0.2) is 48.8 Å². The van der Waals surface area contributed by atoms with E-state index in [0.717, 1.165) is 42.7 Å². The second-order valence-corrected chi connectivity index (χ2v) is 8.20. The topological polar surface area (TPSA) is 99.2 Å². The SMILES string of the molecule is Cc1ccc(-c2nnn([C@H](C)C3CCOCC3)n2)cc1NC(=O)c1cnn2ccccc12. The first-order valence-electron chi connectivity index (χ1n) is 10.8. The zero-order chi connectivity index (χ0) is 22.1. The molecule has 0 saturated carbocycles.